The molecule has 0 radical (unpaired) electrons. The monoisotopic (exact) mass is 386 g/mol. The van der Waals surface area contributed by atoms with E-state index in [1.165, 1.54) is 12.1 Å². The molecular weight excluding hydrogens is 368 g/mol. The molecule has 3 nitrogen and oxygen atoms in total. The molecule has 0 fully saturated rings. The average molecular weight is 386 g/mol. The van der Waals surface area contributed by atoms with Gasteiger partial charge in [0.15, 0.2) is 5.75 Å². The second-order valence-electron chi connectivity index (χ2n) is 6.26. The summed E-state index contributed by atoms with van der Waals surface area (Å²) < 4.78 is 31.2. The highest BCUT2D eigenvalue weighted by Gasteiger charge is 2.21. The number of hydrogen-bond donors (Lipinski definition) is 0. The van der Waals surface area contributed by atoms with E-state index in [0.29, 0.717) is 5.75 Å². The fourth-order valence-corrected chi connectivity index (χ4v) is 4.08. The molecule has 28 heavy (non-hydrogen) atoms. The van der Waals surface area contributed by atoms with Crippen molar-refractivity contribution in [3.8, 4) is 28.0 Å². The van der Waals surface area contributed by atoms with E-state index in [1.807, 2.05) is 72.8 Å². The number of benzene rings is 4. The van der Waals surface area contributed by atoms with Crippen molar-refractivity contribution in [3.63, 3.8) is 0 Å². The maximum atomic E-state index is 12.8. The molecule has 0 unspecified atom stereocenters. The summed E-state index contributed by atoms with van der Waals surface area (Å²) in [5.41, 5.74) is 3.53. The molecule has 0 heterocycles. The van der Waals surface area contributed by atoms with E-state index in [1.54, 1.807) is 24.3 Å². The predicted molar refractivity (Wildman–Crippen MR) is 112 cm³/mol. The Morgan fingerprint density at radius 3 is 1.68 bits per heavy atom. The van der Waals surface area contributed by atoms with E-state index in [9.17, 15) is 8.42 Å². The zero-order valence-electron chi connectivity index (χ0n) is 15.0. The second kappa shape index (κ2) is 7.71. The fourth-order valence-electron chi connectivity index (χ4n) is 3.11. The quantitative estimate of drug-likeness (QED) is 0.408. The molecule has 0 saturated heterocycles. The van der Waals surface area contributed by atoms with Gasteiger partial charge in [-0.1, -0.05) is 91.0 Å². The summed E-state index contributed by atoms with van der Waals surface area (Å²) in [5, 5.41) is 0. The first-order chi connectivity index (χ1) is 13.6. The minimum Gasteiger partial charge on any atom is -0.378 e. The van der Waals surface area contributed by atoms with E-state index in [0.717, 1.165) is 22.3 Å². The average Bonchev–Trinajstić information content (AvgIpc) is 2.75. The van der Waals surface area contributed by atoms with Crippen molar-refractivity contribution in [1.29, 1.82) is 0 Å². The molecule has 0 aliphatic carbocycles. The normalized spacial score (nSPS) is 11.1. The Morgan fingerprint density at radius 2 is 1.07 bits per heavy atom. The van der Waals surface area contributed by atoms with Crippen LogP contribution in [-0.2, 0) is 10.1 Å². The van der Waals surface area contributed by atoms with Gasteiger partial charge >= 0.3 is 10.1 Å². The van der Waals surface area contributed by atoms with E-state index in [4.69, 9.17) is 4.18 Å². The van der Waals surface area contributed by atoms with Crippen LogP contribution in [0.1, 0.15) is 0 Å². The van der Waals surface area contributed by atoms with E-state index >= 15 is 0 Å². The molecule has 0 aromatic heterocycles. The van der Waals surface area contributed by atoms with Gasteiger partial charge in [-0.15, -0.1) is 0 Å². The van der Waals surface area contributed by atoms with Crippen molar-refractivity contribution in [1.82, 2.24) is 0 Å². The van der Waals surface area contributed by atoms with Crippen molar-refractivity contribution in [2.24, 2.45) is 0 Å². The minimum atomic E-state index is -3.94. The van der Waals surface area contributed by atoms with Crippen molar-refractivity contribution >= 4 is 10.1 Å². The Bertz CT molecular complexity index is 1170. The third-order valence-corrected chi connectivity index (χ3v) is 5.65. The van der Waals surface area contributed by atoms with Gasteiger partial charge in [0.05, 0.1) is 0 Å². The van der Waals surface area contributed by atoms with Gasteiger partial charge in [-0.25, -0.2) is 0 Å². The van der Waals surface area contributed by atoms with Crippen LogP contribution in [0.4, 0.5) is 0 Å². The number of rotatable bonds is 5. The van der Waals surface area contributed by atoms with Crippen LogP contribution < -0.4 is 4.18 Å². The van der Waals surface area contributed by atoms with Crippen LogP contribution in [0, 0.1) is 0 Å². The summed E-state index contributed by atoms with van der Waals surface area (Å²) in [5.74, 6) is 0.302. The molecule has 138 valence electrons. The lowest BCUT2D eigenvalue weighted by molar-refractivity contribution is 0.487. The van der Waals surface area contributed by atoms with Crippen molar-refractivity contribution < 1.29 is 12.6 Å². The smallest absolute Gasteiger partial charge is 0.339 e. The third-order valence-electron chi connectivity index (χ3n) is 4.40. The standard InChI is InChI=1S/C24H18O3S/c25-28(26,21-15-8-3-9-16-21)27-23-18-10-17-22(19-11-4-1-5-12-19)24(23)20-13-6-2-7-14-20/h1-18H. The van der Waals surface area contributed by atoms with Crippen LogP contribution >= 0.6 is 0 Å². The van der Waals surface area contributed by atoms with Gasteiger partial charge in [-0.2, -0.15) is 8.42 Å². The Kier molecular flexibility index (Phi) is 4.96. The molecule has 0 N–H and O–H groups in total. The van der Waals surface area contributed by atoms with Gasteiger partial charge in [-0.3, -0.25) is 0 Å². The zero-order chi connectivity index (χ0) is 19.4. The molecular formula is C24H18O3S. The van der Waals surface area contributed by atoms with Crippen molar-refractivity contribution in [3.05, 3.63) is 109 Å². The van der Waals surface area contributed by atoms with Crippen LogP contribution in [0.5, 0.6) is 5.75 Å². The van der Waals surface area contributed by atoms with E-state index in [-0.39, 0.29) is 4.90 Å². The van der Waals surface area contributed by atoms with Crippen molar-refractivity contribution in [2.45, 2.75) is 4.90 Å². The van der Waals surface area contributed by atoms with Gasteiger partial charge in [0.25, 0.3) is 0 Å². The summed E-state index contributed by atoms with van der Waals surface area (Å²) in [6.07, 6.45) is 0. The molecule has 4 aromatic carbocycles. The van der Waals surface area contributed by atoms with Crippen LogP contribution in [-0.4, -0.2) is 8.42 Å². The highest BCUT2D eigenvalue weighted by atomic mass is 32.2. The summed E-state index contributed by atoms with van der Waals surface area (Å²) >= 11 is 0. The first-order valence-corrected chi connectivity index (χ1v) is 10.3. The van der Waals surface area contributed by atoms with Gasteiger partial charge in [0.2, 0.25) is 0 Å². The molecule has 0 atom stereocenters. The molecule has 4 aromatic rings. The maximum Gasteiger partial charge on any atom is 0.339 e. The minimum absolute atomic E-state index is 0.124. The summed E-state index contributed by atoms with van der Waals surface area (Å²) in [7, 11) is -3.94. The molecule has 0 bridgehead atoms. The van der Waals surface area contributed by atoms with Crippen molar-refractivity contribution in [2.75, 3.05) is 0 Å². The molecule has 0 aliphatic heterocycles. The Hall–Kier alpha value is -3.37. The van der Waals surface area contributed by atoms with Gasteiger partial charge in [-0.05, 0) is 34.9 Å². The van der Waals surface area contributed by atoms with Gasteiger partial charge in [0, 0.05) is 5.56 Å². The molecule has 4 heteroatoms. The largest absolute Gasteiger partial charge is 0.378 e. The predicted octanol–water partition coefficient (Wildman–Crippen LogP) is 5.79. The maximum absolute atomic E-state index is 12.8. The molecule has 0 amide bonds. The summed E-state index contributed by atoms with van der Waals surface area (Å²) in [4.78, 5) is 0.124. The lowest BCUT2D eigenvalue weighted by Gasteiger charge is -2.16. The van der Waals surface area contributed by atoms with E-state index in [2.05, 4.69) is 0 Å². The Morgan fingerprint density at radius 1 is 0.536 bits per heavy atom. The lowest BCUT2D eigenvalue weighted by Crippen LogP contribution is -2.10. The summed E-state index contributed by atoms with van der Waals surface area (Å²) in [6.45, 7) is 0. The molecule has 0 aliphatic rings. The highest BCUT2D eigenvalue weighted by Crippen LogP contribution is 2.40. The van der Waals surface area contributed by atoms with E-state index < -0.39 is 10.1 Å². The Labute approximate surface area is 165 Å². The summed E-state index contributed by atoms with van der Waals surface area (Å²) in [6, 6.07) is 33.2. The fraction of sp³-hybridized carbons (Fsp3) is 0. The highest BCUT2D eigenvalue weighted by molar-refractivity contribution is 7.87. The van der Waals surface area contributed by atoms with Crippen LogP contribution in [0.2, 0.25) is 0 Å². The third kappa shape index (κ3) is 3.68. The first-order valence-electron chi connectivity index (χ1n) is 8.88. The molecule has 0 spiro atoms. The zero-order valence-corrected chi connectivity index (χ0v) is 15.8. The van der Waals surface area contributed by atoms with Gasteiger partial charge in [0.1, 0.15) is 4.90 Å². The van der Waals surface area contributed by atoms with Crippen LogP contribution in [0.25, 0.3) is 22.3 Å². The SMILES string of the molecule is O=S(=O)(Oc1cccc(-c2ccccc2)c1-c1ccccc1)c1ccccc1. The Balaban J connectivity index is 1.89. The second-order valence-corrected chi connectivity index (χ2v) is 7.81. The first kappa shape index (κ1) is 18.0. The molecule has 4 rings (SSSR count). The van der Waals surface area contributed by atoms with Crippen LogP contribution in [0.3, 0.4) is 0 Å². The number of hydrogen-bond acceptors (Lipinski definition) is 3. The molecule has 0 saturated carbocycles. The lowest BCUT2D eigenvalue weighted by atomic mass is 9.94. The topological polar surface area (TPSA) is 43.4 Å². The van der Waals surface area contributed by atoms with Gasteiger partial charge < -0.3 is 4.18 Å². The van der Waals surface area contributed by atoms with Crippen LogP contribution in [0.15, 0.2) is 114 Å².